The second kappa shape index (κ2) is 4.87. The maximum Gasteiger partial charge on any atom is 0.340 e. The van der Waals surface area contributed by atoms with Crippen LogP contribution < -0.4 is 5.56 Å². The van der Waals surface area contributed by atoms with Crippen LogP contribution in [-0.2, 0) is 11.2 Å². The highest BCUT2D eigenvalue weighted by Crippen LogP contribution is 2.17. The normalized spacial score (nSPS) is 10.5. The van der Waals surface area contributed by atoms with E-state index in [0.29, 0.717) is 23.1 Å². The van der Waals surface area contributed by atoms with Gasteiger partial charge in [0.2, 0.25) is 0 Å². The minimum Gasteiger partial charge on any atom is -0.462 e. The molecule has 0 bridgehead atoms. The van der Waals surface area contributed by atoms with Gasteiger partial charge in [-0.2, -0.15) is 5.10 Å². The average Bonchev–Trinajstić information content (AvgIpc) is 2.70. The molecular formula is C12H13N3O3. The van der Waals surface area contributed by atoms with Gasteiger partial charge < -0.3 is 9.72 Å². The second-order valence-corrected chi connectivity index (χ2v) is 3.65. The molecule has 0 aliphatic heterocycles. The van der Waals surface area contributed by atoms with Crippen molar-refractivity contribution in [1.82, 2.24) is 14.6 Å². The molecule has 1 N–H and O–H groups in total. The lowest BCUT2D eigenvalue weighted by molar-refractivity contribution is 0.0525. The molecule has 0 atom stereocenters. The number of carbonyl (C=O) groups excluding carboxylic acids is 1. The summed E-state index contributed by atoms with van der Waals surface area (Å²) in [6.45, 7) is 5.63. The third-order valence-corrected chi connectivity index (χ3v) is 2.53. The Bertz CT molecular complexity index is 654. The summed E-state index contributed by atoms with van der Waals surface area (Å²) in [5.74, 6) is -0.459. The van der Waals surface area contributed by atoms with Crippen LogP contribution in [0, 0.1) is 0 Å². The number of rotatable bonds is 4. The molecule has 0 aliphatic rings. The van der Waals surface area contributed by atoms with E-state index in [9.17, 15) is 9.59 Å². The number of allylic oxidation sites excluding steroid dienone is 1. The summed E-state index contributed by atoms with van der Waals surface area (Å²) in [5, 5.41) is 3.97. The van der Waals surface area contributed by atoms with Crippen molar-refractivity contribution in [2.45, 2.75) is 13.3 Å². The molecule has 0 amide bonds. The zero-order valence-corrected chi connectivity index (χ0v) is 9.97. The van der Waals surface area contributed by atoms with Gasteiger partial charge in [0.15, 0.2) is 0 Å². The van der Waals surface area contributed by atoms with E-state index in [4.69, 9.17) is 4.74 Å². The molecular weight excluding hydrogens is 234 g/mol. The van der Waals surface area contributed by atoms with Crippen LogP contribution in [0.5, 0.6) is 0 Å². The summed E-state index contributed by atoms with van der Waals surface area (Å²) < 4.78 is 6.34. The van der Waals surface area contributed by atoms with E-state index in [2.05, 4.69) is 16.7 Å². The highest BCUT2D eigenvalue weighted by atomic mass is 16.5. The number of hydrogen-bond acceptors (Lipinski definition) is 4. The van der Waals surface area contributed by atoms with Gasteiger partial charge >= 0.3 is 5.97 Å². The summed E-state index contributed by atoms with van der Waals surface area (Å²) in [5.41, 5.74) is 0.983. The summed E-state index contributed by atoms with van der Waals surface area (Å²) in [7, 11) is 0. The van der Waals surface area contributed by atoms with Crippen LogP contribution in [0.2, 0.25) is 0 Å². The quantitative estimate of drug-likeness (QED) is 0.644. The Morgan fingerprint density at radius 1 is 1.67 bits per heavy atom. The van der Waals surface area contributed by atoms with Crippen LogP contribution >= 0.6 is 0 Å². The molecule has 0 saturated heterocycles. The standard InChI is InChI=1S/C12H13N3O3/c1-3-5-8-9(12(17)18-4-2)6-15-10(8)11(16)13-7-14-15/h3,6-7H,1,4-5H2,2H3,(H,13,14,16). The number of H-pyrrole nitrogens is 1. The third kappa shape index (κ3) is 1.92. The molecule has 94 valence electrons. The number of hydrogen-bond donors (Lipinski definition) is 1. The molecule has 0 unspecified atom stereocenters. The molecule has 0 aromatic carbocycles. The first-order chi connectivity index (χ1) is 8.69. The first kappa shape index (κ1) is 12.1. The number of aromatic amines is 1. The fourth-order valence-corrected chi connectivity index (χ4v) is 1.82. The Labute approximate surface area is 103 Å². The van der Waals surface area contributed by atoms with E-state index in [0.717, 1.165) is 0 Å². The van der Waals surface area contributed by atoms with Gasteiger partial charge in [-0.3, -0.25) is 4.79 Å². The summed E-state index contributed by atoms with van der Waals surface area (Å²) >= 11 is 0. The molecule has 2 aromatic rings. The van der Waals surface area contributed by atoms with Crippen LogP contribution in [0.1, 0.15) is 22.8 Å². The maximum atomic E-state index is 11.8. The molecule has 0 aliphatic carbocycles. The van der Waals surface area contributed by atoms with E-state index in [1.807, 2.05) is 0 Å². The van der Waals surface area contributed by atoms with Gasteiger partial charge in [-0.25, -0.2) is 9.31 Å². The van der Waals surface area contributed by atoms with Gasteiger partial charge in [-0.1, -0.05) is 6.08 Å². The van der Waals surface area contributed by atoms with Gasteiger partial charge in [0, 0.05) is 11.8 Å². The number of nitrogens with zero attached hydrogens (tertiary/aromatic N) is 2. The topological polar surface area (TPSA) is 76.5 Å². The Kier molecular flexibility index (Phi) is 3.27. The molecule has 0 fully saturated rings. The van der Waals surface area contributed by atoms with Crippen LogP contribution in [0.25, 0.3) is 5.52 Å². The van der Waals surface area contributed by atoms with Gasteiger partial charge in [0.25, 0.3) is 5.56 Å². The van der Waals surface area contributed by atoms with Crippen molar-refractivity contribution in [3.63, 3.8) is 0 Å². The smallest absolute Gasteiger partial charge is 0.340 e. The van der Waals surface area contributed by atoms with Crippen molar-refractivity contribution in [3.05, 3.63) is 46.7 Å². The minimum absolute atomic E-state index is 0.280. The van der Waals surface area contributed by atoms with Crippen molar-refractivity contribution >= 4 is 11.5 Å². The van der Waals surface area contributed by atoms with Gasteiger partial charge in [-0.05, 0) is 13.3 Å². The molecule has 2 heterocycles. The van der Waals surface area contributed by atoms with E-state index in [1.165, 1.54) is 17.0 Å². The van der Waals surface area contributed by atoms with Crippen molar-refractivity contribution in [3.8, 4) is 0 Å². The fraction of sp³-hybridized carbons (Fsp3) is 0.250. The van der Waals surface area contributed by atoms with E-state index in [1.54, 1.807) is 13.0 Å². The Morgan fingerprint density at radius 2 is 2.44 bits per heavy atom. The third-order valence-electron chi connectivity index (χ3n) is 2.53. The first-order valence-electron chi connectivity index (χ1n) is 5.55. The monoisotopic (exact) mass is 247 g/mol. The molecule has 6 heteroatoms. The second-order valence-electron chi connectivity index (χ2n) is 3.65. The minimum atomic E-state index is -0.459. The zero-order chi connectivity index (χ0) is 13.1. The molecule has 18 heavy (non-hydrogen) atoms. The molecule has 0 spiro atoms. The number of nitrogens with one attached hydrogen (secondary N) is 1. The fourth-order valence-electron chi connectivity index (χ4n) is 1.82. The number of fused-ring (bicyclic) bond motifs is 1. The van der Waals surface area contributed by atoms with Crippen LogP contribution in [-0.4, -0.2) is 27.2 Å². The molecule has 2 rings (SSSR count). The number of carbonyl (C=O) groups is 1. The van der Waals surface area contributed by atoms with Crippen LogP contribution in [0.15, 0.2) is 30.0 Å². The van der Waals surface area contributed by atoms with Crippen molar-refractivity contribution in [1.29, 1.82) is 0 Å². The Hall–Kier alpha value is -2.37. The summed E-state index contributed by atoms with van der Waals surface area (Å²) in [4.78, 5) is 26.1. The average molecular weight is 247 g/mol. The molecule has 0 saturated carbocycles. The lowest BCUT2D eigenvalue weighted by Crippen LogP contribution is -2.11. The molecule has 6 nitrogen and oxygen atoms in total. The van der Waals surface area contributed by atoms with E-state index in [-0.39, 0.29) is 12.2 Å². The van der Waals surface area contributed by atoms with E-state index < -0.39 is 5.97 Å². The maximum absolute atomic E-state index is 11.8. The predicted octanol–water partition coefficient (Wildman–Crippen LogP) is 0.928. The number of ether oxygens (including phenoxy) is 1. The lowest BCUT2D eigenvalue weighted by Gasteiger charge is -2.01. The molecule has 0 radical (unpaired) electrons. The van der Waals surface area contributed by atoms with Crippen molar-refractivity contribution in [2.75, 3.05) is 6.61 Å². The van der Waals surface area contributed by atoms with Gasteiger partial charge in [0.05, 0.1) is 12.2 Å². The highest BCUT2D eigenvalue weighted by Gasteiger charge is 2.19. The number of aromatic nitrogens is 3. The first-order valence-corrected chi connectivity index (χ1v) is 5.55. The predicted molar refractivity (Wildman–Crippen MR) is 65.7 cm³/mol. The van der Waals surface area contributed by atoms with Gasteiger partial charge in [-0.15, -0.1) is 6.58 Å². The Balaban J connectivity index is 2.69. The van der Waals surface area contributed by atoms with Crippen molar-refractivity contribution in [2.24, 2.45) is 0 Å². The number of esters is 1. The van der Waals surface area contributed by atoms with Crippen LogP contribution in [0.4, 0.5) is 0 Å². The molecule has 2 aromatic heterocycles. The largest absolute Gasteiger partial charge is 0.462 e. The van der Waals surface area contributed by atoms with Crippen LogP contribution in [0.3, 0.4) is 0 Å². The Morgan fingerprint density at radius 3 is 3.11 bits per heavy atom. The highest BCUT2D eigenvalue weighted by molar-refractivity contribution is 5.93. The lowest BCUT2D eigenvalue weighted by atomic mass is 10.1. The summed E-state index contributed by atoms with van der Waals surface area (Å²) in [6, 6.07) is 0. The van der Waals surface area contributed by atoms with Gasteiger partial charge in [0.1, 0.15) is 11.8 Å². The summed E-state index contributed by atoms with van der Waals surface area (Å²) in [6.07, 6.45) is 4.81. The zero-order valence-electron chi connectivity index (χ0n) is 9.97. The van der Waals surface area contributed by atoms with E-state index >= 15 is 0 Å². The SMILES string of the molecule is C=CCc1c(C(=O)OCC)cn2nc[nH]c(=O)c12. The van der Waals surface area contributed by atoms with Crippen molar-refractivity contribution < 1.29 is 9.53 Å².